The smallest absolute Gasteiger partial charge is 0.0205 e. The highest BCUT2D eigenvalue weighted by Gasteiger charge is 2.33. The lowest BCUT2D eigenvalue weighted by molar-refractivity contribution is 0.223. The van der Waals surface area contributed by atoms with Gasteiger partial charge in [0.1, 0.15) is 0 Å². The lowest BCUT2D eigenvalue weighted by atomic mass is 9.78. The van der Waals surface area contributed by atoms with Crippen LogP contribution in [0, 0.1) is 18.3 Å². The molecule has 1 saturated carbocycles. The van der Waals surface area contributed by atoms with E-state index in [0.29, 0.717) is 5.41 Å². The Morgan fingerprint density at radius 1 is 1.21 bits per heavy atom. The third kappa shape index (κ3) is 4.35. The molecule has 0 radical (unpaired) electrons. The summed E-state index contributed by atoms with van der Waals surface area (Å²) in [5.41, 5.74) is 3.35. The van der Waals surface area contributed by atoms with Crippen LogP contribution in [0.2, 0.25) is 0 Å². The van der Waals surface area contributed by atoms with Crippen molar-refractivity contribution in [2.75, 3.05) is 6.54 Å². The molecule has 0 atom stereocenters. The molecular formula is C18H29N. The van der Waals surface area contributed by atoms with Crippen LogP contribution in [0.15, 0.2) is 24.3 Å². The zero-order chi connectivity index (χ0) is 13.7. The molecule has 0 amide bonds. The van der Waals surface area contributed by atoms with Crippen LogP contribution in [0.3, 0.4) is 0 Å². The maximum Gasteiger partial charge on any atom is 0.0205 e. The number of hydrogen-bond acceptors (Lipinski definition) is 1. The first-order valence-electron chi connectivity index (χ1n) is 7.86. The zero-order valence-electron chi connectivity index (χ0n) is 12.8. The average molecular weight is 259 g/mol. The third-order valence-corrected chi connectivity index (χ3v) is 4.42. The van der Waals surface area contributed by atoms with Crippen LogP contribution in [0.25, 0.3) is 0 Å². The molecule has 1 N–H and O–H groups in total. The second-order valence-electron chi connectivity index (χ2n) is 6.90. The van der Waals surface area contributed by atoms with Gasteiger partial charge in [-0.2, -0.15) is 0 Å². The molecule has 0 aliphatic heterocycles. The minimum Gasteiger partial charge on any atom is -0.312 e. The standard InChI is InChI=1S/C18H29N/c1-15(2)12-18(9-4-5-10-18)14-19-13-17-8-6-7-16(3)11-17/h6-8,11,15,19H,4-5,9-10,12-14H2,1-3H3. The Balaban J connectivity index is 1.86. The van der Waals surface area contributed by atoms with Crippen LogP contribution >= 0.6 is 0 Å². The second kappa shape index (κ2) is 6.56. The second-order valence-corrected chi connectivity index (χ2v) is 6.90. The first-order valence-corrected chi connectivity index (χ1v) is 7.86. The fourth-order valence-electron chi connectivity index (χ4n) is 3.74. The van der Waals surface area contributed by atoms with Crippen LogP contribution < -0.4 is 5.32 Å². The molecule has 0 saturated heterocycles. The van der Waals surface area contributed by atoms with Gasteiger partial charge < -0.3 is 5.32 Å². The highest BCUT2D eigenvalue weighted by Crippen LogP contribution is 2.42. The molecule has 1 aromatic carbocycles. The van der Waals surface area contributed by atoms with Gasteiger partial charge in [0.25, 0.3) is 0 Å². The van der Waals surface area contributed by atoms with Crippen molar-refractivity contribution in [3.63, 3.8) is 0 Å². The van der Waals surface area contributed by atoms with Gasteiger partial charge in [-0.15, -0.1) is 0 Å². The molecule has 1 aliphatic rings. The Kier molecular flexibility index (Phi) is 5.04. The number of nitrogens with one attached hydrogen (secondary N) is 1. The predicted octanol–water partition coefficient (Wildman–Crippen LogP) is 4.69. The Morgan fingerprint density at radius 3 is 2.58 bits per heavy atom. The molecule has 0 unspecified atom stereocenters. The van der Waals surface area contributed by atoms with E-state index in [0.717, 1.165) is 12.5 Å². The number of aryl methyl sites for hydroxylation is 1. The van der Waals surface area contributed by atoms with Gasteiger partial charge in [-0.1, -0.05) is 56.5 Å². The van der Waals surface area contributed by atoms with Crippen LogP contribution in [-0.4, -0.2) is 6.54 Å². The van der Waals surface area contributed by atoms with E-state index in [1.807, 2.05) is 0 Å². The van der Waals surface area contributed by atoms with Crippen molar-refractivity contribution in [1.82, 2.24) is 5.32 Å². The van der Waals surface area contributed by atoms with Gasteiger partial charge in [-0.25, -0.2) is 0 Å². The normalized spacial score (nSPS) is 18.1. The van der Waals surface area contributed by atoms with E-state index in [-0.39, 0.29) is 0 Å². The topological polar surface area (TPSA) is 12.0 Å². The first kappa shape index (κ1) is 14.6. The first-order chi connectivity index (χ1) is 9.10. The summed E-state index contributed by atoms with van der Waals surface area (Å²) in [7, 11) is 0. The Bertz CT molecular complexity index is 388. The summed E-state index contributed by atoms with van der Waals surface area (Å²) in [5, 5.41) is 3.72. The molecule has 0 heterocycles. The van der Waals surface area contributed by atoms with Crippen molar-refractivity contribution >= 4 is 0 Å². The van der Waals surface area contributed by atoms with Gasteiger partial charge in [-0.3, -0.25) is 0 Å². The Labute approximate surface area is 118 Å². The van der Waals surface area contributed by atoms with E-state index < -0.39 is 0 Å². The molecular weight excluding hydrogens is 230 g/mol. The summed E-state index contributed by atoms with van der Waals surface area (Å²) in [6.07, 6.45) is 7.09. The van der Waals surface area contributed by atoms with E-state index in [1.54, 1.807) is 0 Å². The lowest BCUT2D eigenvalue weighted by Crippen LogP contribution is -2.33. The van der Waals surface area contributed by atoms with E-state index in [1.165, 1.54) is 49.8 Å². The van der Waals surface area contributed by atoms with Crippen molar-refractivity contribution in [3.8, 4) is 0 Å². The summed E-state index contributed by atoms with van der Waals surface area (Å²) in [6, 6.07) is 8.84. The highest BCUT2D eigenvalue weighted by atomic mass is 14.9. The van der Waals surface area contributed by atoms with Crippen molar-refractivity contribution in [3.05, 3.63) is 35.4 Å². The SMILES string of the molecule is Cc1cccc(CNCC2(CC(C)C)CCCC2)c1. The molecule has 1 aromatic rings. The average Bonchev–Trinajstić information content (AvgIpc) is 2.77. The zero-order valence-corrected chi connectivity index (χ0v) is 12.8. The molecule has 19 heavy (non-hydrogen) atoms. The quantitative estimate of drug-likeness (QED) is 0.781. The minimum atomic E-state index is 0.581. The number of rotatable bonds is 6. The number of benzene rings is 1. The van der Waals surface area contributed by atoms with E-state index in [2.05, 4.69) is 50.4 Å². The van der Waals surface area contributed by atoms with Gasteiger partial charge in [0.15, 0.2) is 0 Å². The van der Waals surface area contributed by atoms with Crippen molar-refractivity contribution in [2.24, 2.45) is 11.3 Å². The fraction of sp³-hybridized carbons (Fsp3) is 0.667. The van der Waals surface area contributed by atoms with Crippen LogP contribution in [0.4, 0.5) is 0 Å². The van der Waals surface area contributed by atoms with Crippen molar-refractivity contribution in [2.45, 2.75) is 59.4 Å². The molecule has 1 aliphatic carbocycles. The summed E-state index contributed by atoms with van der Waals surface area (Å²) >= 11 is 0. The van der Waals surface area contributed by atoms with Gasteiger partial charge in [0.2, 0.25) is 0 Å². The minimum absolute atomic E-state index is 0.581. The summed E-state index contributed by atoms with van der Waals surface area (Å²) in [6.45, 7) is 9.10. The predicted molar refractivity (Wildman–Crippen MR) is 83.2 cm³/mol. The molecule has 1 nitrogen and oxygen atoms in total. The fourth-order valence-corrected chi connectivity index (χ4v) is 3.74. The van der Waals surface area contributed by atoms with Crippen molar-refractivity contribution < 1.29 is 0 Å². The van der Waals surface area contributed by atoms with Gasteiger partial charge in [0, 0.05) is 13.1 Å². The molecule has 1 heteroatoms. The molecule has 1 fully saturated rings. The van der Waals surface area contributed by atoms with Gasteiger partial charge >= 0.3 is 0 Å². The van der Waals surface area contributed by atoms with Crippen LogP contribution in [0.5, 0.6) is 0 Å². The van der Waals surface area contributed by atoms with E-state index in [4.69, 9.17) is 0 Å². The van der Waals surface area contributed by atoms with E-state index in [9.17, 15) is 0 Å². The molecule has 0 spiro atoms. The molecule has 0 aromatic heterocycles. The van der Waals surface area contributed by atoms with Gasteiger partial charge in [0.05, 0.1) is 0 Å². The maximum atomic E-state index is 3.72. The number of hydrogen-bond donors (Lipinski definition) is 1. The van der Waals surface area contributed by atoms with Crippen LogP contribution in [0.1, 0.15) is 57.1 Å². The maximum absolute atomic E-state index is 3.72. The van der Waals surface area contributed by atoms with Crippen molar-refractivity contribution in [1.29, 1.82) is 0 Å². The molecule has 2 rings (SSSR count). The van der Waals surface area contributed by atoms with Crippen LogP contribution in [-0.2, 0) is 6.54 Å². The summed E-state index contributed by atoms with van der Waals surface area (Å²) in [5.74, 6) is 0.818. The van der Waals surface area contributed by atoms with Gasteiger partial charge in [-0.05, 0) is 43.1 Å². The third-order valence-electron chi connectivity index (χ3n) is 4.42. The highest BCUT2D eigenvalue weighted by molar-refractivity contribution is 5.21. The van der Waals surface area contributed by atoms with E-state index >= 15 is 0 Å². The Morgan fingerprint density at radius 2 is 1.95 bits per heavy atom. The molecule has 0 bridgehead atoms. The largest absolute Gasteiger partial charge is 0.312 e. The lowest BCUT2D eigenvalue weighted by Gasteiger charge is -2.31. The Hall–Kier alpha value is -0.820. The monoisotopic (exact) mass is 259 g/mol. The molecule has 106 valence electrons. The summed E-state index contributed by atoms with van der Waals surface area (Å²) < 4.78 is 0. The summed E-state index contributed by atoms with van der Waals surface area (Å²) in [4.78, 5) is 0.